The average Bonchev–Trinajstić information content (AvgIpc) is 2.76. The monoisotopic (exact) mass is 301 g/mol. The number of halogens is 2. The second-order valence-electron chi connectivity index (χ2n) is 4.75. The van der Waals surface area contributed by atoms with Crippen LogP contribution in [0.2, 0.25) is 5.02 Å². The summed E-state index contributed by atoms with van der Waals surface area (Å²) in [6.45, 7) is 0. The highest BCUT2D eigenvalue weighted by Gasteiger charge is 2.17. The molecule has 0 saturated carbocycles. The van der Waals surface area contributed by atoms with Crippen LogP contribution in [-0.4, -0.2) is 9.78 Å². The van der Waals surface area contributed by atoms with E-state index in [9.17, 15) is 4.39 Å². The van der Waals surface area contributed by atoms with Crippen LogP contribution in [0.15, 0.2) is 48.5 Å². The molecule has 21 heavy (non-hydrogen) atoms. The van der Waals surface area contributed by atoms with Gasteiger partial charge >= 0.3 is 0 Å². The van der Waals surface area contributed by atoms with Gasteiger partial charge in [-0.15, -0.1) is 0 Å². The first-order valence-electron chi connectivity index (χ1n) is 6.40. The van der Waals surface area contributed by atoms with Crippen LogP contribution in [-0.2, 0) is 7.05 Å². The van der Waals surface area contributed by atoms with Crippen molar-refractivity contribution >= 4 is 17.4 Å². The predicted octanol–water partition coefficient (Wildman–Crippen LogP) is 4.13. The molecule has 0 atom stereocenters. The maximum Gasteiger partial charge on any atom is 0.129 e. The number of nitrogens with two attached hydrogens (primary N) is 1. The van der Waals surface area contributed by atoms with Crippen molar-refractivity contribution in [3.8, 4) is 22.4 Å². The number of hydrogen-bond acceptors (Lipinski definition) is 2. The molecule has 0 aliphatic carbocycles. The Hall–Kier alpha value is -2.33. The first-order valence-corrected chi connectivity index (χ1v) is 6.78. The molecule has 0 aliphatic rings. The standard InChI is InChI=1S/C16H13ClFN3/c1-21-16(19)14(11-3-2-4-13(18)9-11)15(20-21)10-5-7-12(17)8-6-10/h2-9H,19H2,1H3. The van der Waals surface area contributed by atoms with Crippen LogP contribution in [0.3, 0.4) is 0 Å². The summed E-state index contributed by atoms with van der Waals surface area (Å²) in [5, 5.41) is 5.09. The van der Waals surface area contributed by atoms with Crippen LogP contribution in [0.5, 0.6) is 0 Å². The van der Waals surface area contributed by atoms with Crippen LogP contribution < -0.4 is 5.73 Å². The Bertz CT molecular complexity index is 794. The van der Waals surface area contributed by atoms with E-state index >= 15 is 0 Å². The number of nitrogens with zero attached hydrogens (tertiary/aromatic N) is 2. The van der Waals surface area contributed by atoms with E-state index in [1.807, 2.05) is 18.2 Å². The summed E-state index contributed by atoms with van der Waals surface area (Å²) in [6, 6.07) is 13.6. The number of hydrogen-bond donors (Lipinski definition) is 1. The Balaban J connectivity index is 2.23. The molecule has 0 fully saturated rings. The van der Waals surface area contributed by atoms with Crippen LogP contribution in [0.25, 0.3) is 22.4 Å². The zero-order chi connectivity index (χ0) is 15.0. The van der Waals surface area contributed by atoms with E-state index in [1.165, 1.54) is 12.1 Å². The molecular formula is C16H13ClFN3. The number of rotatable bonds is 2. The Morgan fingerprint density at radius 2 is 1.81 bits per heavy atom. The van der Waals surface area contributed by atoms with Gasteiger partial charge < -0.3 is 5.73 Å². The van der Waals surface area contributed by atoms with Crippen LogP contribution in [0.1, 0.15) is 0 Å². The molecule has 0 spiro atoms. The minimum atomic E-state index is -0.308. The molecule has 2 N–H and O–H groups in total. The summed E-state index contributed by atoms with van der Waals surface area (Å²) >= 11 is 5.91. The van der Waals surface area contributed by atoms with Gasteiger partial charge in [0.1, 0.15) is 17.3 Å². The van der Waals surface area contributed by atoms with Gasteiger partial charge in [-0.1, -0.05) is 35.9 Å². The predicted molar refractivity (Wildman–Crippen MR) is 83.5 cm³/mol. The number of aromatic nitrogens is 2. The molecular weight excluding hydrogens is 289 g/mol. The zero-order valence-electron chi connectivity index (χ0n) is 11.3. The lowest BCUT2D eigenvalue weighted by Crippen LogP contribution is -1.98. The molecule has 0 radical (unpaired) electrons. The number of benzene rings is 2. The van der Waals surface area contributed by atoms with E-state index < -0.39 is 0 Å². The van der Waals surface area contributed by atoms with Gasteiger partial charge in [-0.05, 0) is 29.8 Å². The second kappa shape index (κ2) is 5.22. The van der Waals surface area contributed by atoms with Crippen LogP contribution in [0.4, 0.5) is 10.2 Å². The molecule has 3 rings (SSSR count). The normalized spacial score (nSPS) is 10.8. The largest absolute Gasteiger partial charge is 0.383 e. The van der Waals surface area contributed by atoms with Crippen molar-refractivity contribution in [1.82, 2.24) is 9.78 Å². The number of anilines is 1. The fraction of sp³-hybridized carbons (Fsp3) is 0.0625. The van der Waals surface area contributed by atoms with E-state index in [-0.39, 0.29) is 5.82 Å². The molecule has 3 aromatic rings. The van der Waals surface area contributed by atoms with Gasteiger partial charge in [0.25, 0.3) is 0 Å². The summed E-state index contributed by atoms with van der Waals surface area (Å²) in [4.78, 5) is 0. The summed E-state index contributed by atoms with van der Waals surface area (Å²) in [6.07, 6.45) is 0. The van der Waals surface area contributed by atoms with Gasteiger partial charge in [-0.25, -0.2) is 4.39 Å². The lowest BCUT2D eigenvalue weighted by Gasteiger charge is -2.05. The number of aryl methyl sites for hydroxylation is 1. The summed E-state index contributed by atoms with van der Waals surface area (Å²) in [5.74, 6) is 0.184. The summed E-state index contributed by atoms with van der Waals surface area (Å²) in [5.41, 5.74) is 9.11. The average molecular weight is 302 g/mol. The maximum absolute atomic E-state index is 13.5. The van der Waals surface area contributed by atoms with Crippen LogP contribution >= 0.6 is 11.6 Å². The third-order valence-electron chi connectivity index (χ3n) is 3.32. The van der Waals surface area contributed by atoms with E-state index in [1.54, 1.807) is 29.9 Å². The van der Waals surface area contributed by atoms with Gasteiger partial charge in [0.05, 0.1) is 5.56 Å². The summed E-state index contributed by atoms with van der Waals surface area (Å²) in [7, 11) is 1.76. The Morgan fingerprint density at radius 1 is 1.10 bits per heavy atom. The first-order chi connectivity index (χ1) is 10.1. The first kappa shape index (κ1) is 13.6. The van der Waals surface area contributed by atoms with E-state index in [0.29, 0.717) is 22.1 Å². The van der Waals surface area contributed by atoms with E-state index in [0.717, 1.165) is 11.1 Å². The highest BCUT2D eigenvalue weighted by atomic mass is 35.5. The Labute approximate surface area is 126 Å². The molecule has 2 aromatic carbocycles. The van der Waals surface area contributed by atoms with Crippen molar-refractivity contribution < 1.29 is 4.39 Å². The molecule has 0 bridgehead atoms. The fourth-order valence-electron chi connectivity index (χ4n) is 2.28. The summed E-state index contributed by atoms with van der Waals surface area (Å²) < 4.78 is 15.1. The van der Waals surface area contributed by atoms with Gasteiger partial charge in [-0.3, -0.25) is 4.68 Å². The molecule has 106 valence electrons. The highest BCUT2D eigenvalue weighted by molar-refractivity contribution is 6.30. The molecule has 1 aromatic heterocycles. The molecule has 0 aliphatic heterocycles. The highest BCUT2D eigenvalue weighted by Crippen LogP contribution is 2.36. The van der Waals surface area contributed by atoms with Crippen molar-refractivity contribution in [3.05, 3.63) is 59.4 Å². The minimum absolute atomic E-state index is 0.308. The van der Waals surface area contributed by atoms with Gasteiger partial charge in [0.15, 0.2) is 0 Å². The Kier molecular flexibility index (Phi) is 3.39. The molecule has 0 unspecified atom stereocenters. The van der Waals surface area contributed by atoms with Gasteiger partial charge in [0.2, 0.25) is 0 Å². The SMILES string of the molecule is Cn1nc(-c2ccc(Cl)cc2)c(-c2cccc(F)c2)c1N. The van der Waals surface area contributed by atoms with E-state index in [2.05, 4.69) is 5.10 Å². The minimum Gasteiger partial charge on any atom is -0.383 e. The number of nitrogen functional groups attached to an aromatic ring is 1. The smallest absolute Gasteiger partial charge is 0.129 e. The molecule has 0 saturated heterocycles. The topological polar surface area (TPSA) is 43.8 Å². The van der Waals surface area contributed by atoms with Crippen molar-refractivity contribution in [1.29, 1.82) is 0 Å². The van der Waals surface area contributed by atoms with Crippen LogP contribution in [0, 0.1) is 5.82 Å². The van der Waals surface area contributed by atoms with Crippen molar-refractivity contribution in [3.63, 3.8) is 0 Å². The van der Waals surface area contributed by atoms with Gasteiger partial charge in [0, 0.05) is 17.6 Å². The molecule has 0 amide bonds. The van der Waals surface area contributed by atoms with Crippen molar-refractivity contribution in [2.75, 3.05) is 5.73 Å². The maximum atomic E-state index is 13.5. The lowest BCUT2D eigenvalue weighted by molar-refractivity contribution is 0.628. The lowest BCUT2D eigenvalue weighted by atomic mass is 10.0. The molecule has 1 heterocycles. The zero-order valence-corrected chi connectivity index (χ0v) is 12.1. The molecule has 3 nitrogen and oxygen atoms in total. The quantitative estimate of drug-likeness (QED) is 0.773. The second-order valence-corrected chi connectivity index (χ2v) is 5.19. The van der Waals surface area contributed by atoms with Crippen molar-refractivity contribution in [2.24, 2.45) is 7.05 Å². The third-order valence-corrected chi connectivity index (χ3v) is 3.57. The van der Waals surface area contributed by atoms with Gasteiger partial charge in [-0.2, -0.15) is 5.10 Å². The third kappa shape index (κ3) is 2.50. The van der Waals surface area contributed by atoms with Crippen molar-refractivity contribution in [2.45, 2.75) is 0 Å². The molecule has 5 heteroatoms. The van der Waals surface area contributed by atoms with E-state index in [4.69, 9.17) is 17.3 Å². The fourth-order valence-corrected chi connectivity index (χ4v) is 2.40. The Morgan fingerprint density at radius 3 is 2.48 bits per heavy atom.